The molecule has 21 heavy (non-hydrogen) atoms. The number of nitrogens with one attached hydrogen (secondary N) is 2. The molecule has 2 aromatic heterocycles. The Balaban J connectivity index is 2.16. The lowest BCUT2D eigenvalue weighted by atomic mass is 10.5. The van der Waals surface area contributed by atoms with Crippen LogP contribution in [0.2, 0.25) is 0 Å². The lowest BCUT2D eigenvalue weighted by Crippen LogP contribution is -2.22. The molecule has 0 atom stereocenters. The highest BCUT2D eigenvalue weighted by Crippen LogP contribution is 2.08. The van der Waals surface area contributed by atoms with Gasteiger partial charge in [0.1, 0.15) is 12.7 Å². The van der Waals surface area contributed by atoms with Crippen LogP contribution in [0.25, 0.3) is 5.95 Å². The van der Waals surface area contributed by atoms with Crippen molar-refractivity contribution in [2.45, 2.75) is 13.3 Å². The van der Waals surface area contributed by atoms with E-state index in [1.165, 1.54) is 11.0 Å². The van der Waals surface area contributed by atoms with E-state index in [2.05, 4.69) is 47.5 Å². The van der Waals surface area contributed by atoms with Crippen LogP contribution < -0.4 is 10.6 Å². The lowest BCUT2D eigenvalue weighted by molar-refractivity contribution is 0.425. The van der Waals surface area contributed by atoms with Crippen LogP contribution in [0.15, 0.2) is 12.7 Å². The van der Waals surface area contributed by atoms with Gasteiger partial charge in [-0.3, -0.25) is 0 Å². The van der Waals surface area contributed by atoms with E-state index in [1.54, 1.807) is 6.33 Å². The third-order valence-corrected chi connectivity index (χ3v) is 2.62. The fourth-order valence-electron chi connectivity index (χ4n) is 1.56. The Bertz CT molecular complexity index is 538. The van der Waals surface area contributed by atoms with Gasteiger partial charge in [0.2, 0.25) is 11.9 Å². The van der Waals surface area contributed by atoms with E-state index >= 15 is 0 Å². The van der Waals surface area contributed by atoms with E-state index in [-0.39, 0.29) is 0 Å². The number of likely N-dealkylation sites (N-methyl/N-ethyl adjacent to an activating group) is 1. The van der Waals surface area contributed by atoms with E-state index in [4.69, 9.17) is 0 Å². The normalized spacial score (nSPS) is 10.9. The summed E-state index contributed by atoms with van der Waals surface area (Å²) in [5.74, 6) is 1.49. The number of rotatable bonds is 8. The molecule has 0 amide bonds. The van der Waals surface area contributed by atoms with Gasteiger partial charge in [-0.1, -0.05) is 6.92 Å². The van der Waals surface area contributed by atoms with Crippen molar-refractivity contribution in [3.63, 3.8) is 0 Å². The smallest absolute Gasteiger partial charge is 0.258 e. The summed E-state index contributed by atoms with van der Waals surface area (Å²) in [6, 6.07) is 0. The second kappa shape index (κ2) is 7.48. The molecule has 9 nitrogen and oxygen atoms in total. The van der Waals surface area contributed by atoms with Gasteiger partial charge in [0.05, 0.1) is 0 Å². The average molecular weight is 291 g/mol. The monoisotopic (exact) mass is 291 g/mol. The van der Waals surface area contributed by atoms with Crippen LogP contribution in [0.4, 0.5) is 11.9 Å². The first-order chi connectivity index (χ1) is 10.2. The molecule has 0 aromatic carbocycles. The minimum atomic E-state index is 0.438. The summed E-state index contributed by atoms with van der Waals surface area (Å²) in [6.07, 6.45) is 4.00. The lowest BCUT2D eigenvalue weighted by Gasteiger charge is -2.12. The molecule has 0 spiro atoms. The summed E-state index contributed by atoms with van der Waals surface area (Å²) in [7, 11) is 4.04. The van der Waals surface area contributed by atoms with Crippen molar-refractivity contribution in [2.75, 3.05) is 44.4 Å². The fraction of sp³-hybridized carbons (Fsp3) is 0.583. The van der Waals surface area contributed by atoms with Crippen molar-refractivity contribution in [3.8, 4) is 5.95 Å². The molecule has 2 rings (SSSR count). The van der Waals surface area contributed by atoms with Crippen molar-refractivity contribution >= 4 is 11.9 Å². The molecule has 2 heterocycles. The summed E-state index contributed by atoms with van der Waals surface area (Å²) in [6.45, 7) is 4.53. The Hall–Kier alpha value is -2.29. The topological polar surface area (TPSA) is 96.7 Å². The average Bonchev–Trinajstić information content (AvgIpc) is 2.99. The maximum Gasteiger partial charge on any atom is 0.258 e. The minimum absolute atomic E-state index is 0.438. The maximum absolute atomic E-state index is 4.35. The van der Waals surface area contributed by atoms with E-state index in [9.17, 15) is 0 Å². The first-order valence-corrected chi connectivity index (χ1v) is 6.92. The molecule has 0 aliphatic rings. The molecule has 0 radical (unpaired) electrons. The third-order valence-electron chi connectivity index (χ3n) is 2.62. The van der Waals surface area contributed by atoms with Gasteiger partial charge < -0.3 is 15.5 Å². The van der Waals surface area contributed by atoms with Crippen LogP contribution in [0.3, 0.4) is 0 Å². The zero-order chi connectivity index (χ0) is 15.1. The van der Waals surface area contributed by atoms with E-state index < -0.39 is 0 Å². The SMILES string of the molecule is CCCNc1nc(NCCN(C)C)nc(-n2cncn2)n1. The summed E-state index contributed by atoms with van der Waals surface area (Å²) < 4.78 is 1.51. The van der Waals surface area contributed by atoms with E-state index in [0.29, 0.717) is 17.8 Å². The van der Waals surface area contributed by atoms with Crippen molar-refractivity contribution in [1.82, 2.24) is 34.6 Å². The van der Waals surface area contributed by atoms with Crippen LogP contribution >= 0.6 is 0 Å². The predicted octanol–water partition coefficient (Wildman–Crippen LogP) is 0.248. The van der Waals surface area contributed by atoms with Gasteiger partial charge in [0.25, 0.3) is 5.95 Å². The van der Waals surface area contributed by atoms with Crippen LogP contribution in [0.5, 0.6) is 0 Å². The number of hydrogen-bond acceptors (Lipinski definition) is 8. The Morgan fingerprint density at radius 3 is 2.38 bits per heavy atom. The maximum atomic E-state index is 4.35. The molecule has 0 saturated heterocycles. The van der Waals surface area contributed by atoms with Crippen LogP contribution in [-0.4, -0.2) is 68.3 Å². The van der Waals surface area contributed by atoms with Crippen molar-refractivity contribution in [3.05, 3.63) is 12.7 Å². The Kier molecular flexibility index (Phi) is 5.38. The Morgan fingerprint density at radius 2 is 1.81 bits per heavy atom. The zero-order valence-electron chi connectivity index (χ0n) is 12.6. The highest BCUT2D eigenvalue weighted by Gasteiger charge is 2.08. The summed E-state index contributed by atoms with van der Waals surface area (Å²) in [5.41, 5.74) is 0. The van der Waals surface area contributed by atoms with E-state index in [1.807, 2.05) is 14.1 Å². The van der Waals surface area contributed by atoms with Gasteiger partial charge in [-0.25, -0.2) is 4.98 Å². The molecule has 114 valence electrons. The van der Waals surface area contributed by atoms with Gasteiger partial charge in [-0.15, -0.1) is 0 Å². The van der Waals surface area contributed by atoms with Crippen molar-refractivity contribution in [2.24, 2.45) is 0 Å². The second-order valence-electron chi connectivity index (χ2n) is 4.78. The van der Waals surface area contributed by atoms with Crippen molar-refractivity contribution in [1.29, 1.82) is 0 Å². The van der Waals surface area contributed by atoms with Crippen LogP contribution in [0.1, 0.15) is 13.3 Å². The van der Waals surface area contributed by atoms with Gasteiger partial charge >= 0.3 is 0 Å². The molecule has 2 N–H and O–H groups in total. The largest absolute Gasteiger partial charge is 0.354 e. The number of hydrogen-bond donors (Lipinski definition) is 2. The third kappa shape index (κ3) is 4.63. The summed E-state index contributed by atoms with van der Waals surface area (Å²) in [4.78, 5) is 19.0. The highest BCUT2D eigenvalue weighted by molar-refractivity contribution is 5.37. The quantitative estimate of drug-likeness (QED) is 0.714. The standard InChI is InChI=1S/C12H21N9/c1-4-5-14-10-17-11(15-6-7-20(2)3)19-12(18-10)21-9-13-8-16-21/h8-9H,4-7H2,1-3H3,(H2,14,15,17,18,19). The van der Waals surface area contributed by atoms with Gasteiger partial charge in [-0.05, 0) is 20.5 Å². The molecular formula is C12H21N9. The predicted molar refractivity (Wildman–Crippen MR) is 80.6 cm³/mol. The van der Waals surface area contributed by atoms with Gasteiger partial charge in [0, 0.05) is 19.6 Å². The van der Waals surface area contributed by atoms with Crippen LogP contribution in [0, 0.1) is 0 Å². The molecule has 0 aliphatic heterocycles. The number of nitrogens with zero attached hydrogens (tertiary/aromatic N) is 7. The first kappa shape index (κ1) is 15.1. The molecule has 0 bridgehead atoms. The molecule has 2 aromatic rings. The summed E-state index contributed by atoms with van der Waals surface area (Å²) >= 11 is 0. The van der Waals surface area contributed by atoms with Crippen molar-refractivity contribution < 1.29 is 0 Å². The fourth-order valence-corrected chi connectivity index (χ4v) is 1.56. The minimum Gasteiger partial charge on any atom is -0.354 e. The molecule has 0 fully saturated rings. The van der Waals surface area contributed by atoms with Crippen LogP contribution in [-0.2, 0) is 0 Å². The Labute approximate surface area is 123 Å². The molecule has 0 unspecified atom stereocenters. The van der Waals surface area contributed by atoms with Gasteiger partial charge in [0.15, 0.2) is 0 Å². The van der Waals surface area contributed by atoms with E-state index in [0.717, 1.165) is 26.1 Å². The number of anilines is 2. The molecule has 9 heteroatoms. The zero-order valence-corrected chi connectivity index (χ0v) is 12.6. The van der Waals surface area contributed by atoms with Gasteiger partial charge in [-0.2, -0.15) is 24.7 Å². The number of aromatic nitrogens is 6. The molecule has 0 aliphatic carbocycles. The first-order valence-electron chi connectivity index (χ1n) is 6.92. The highest BCUT2D eigenvalue weighted by atomic mass is 15.4. The summed E-state index contributed by atoms with van der Waals surface area (Å²) in [5, 5.41) is 10.4. The molecule has 0 saturated carbocycles. The second-order valence-corrected chi connectivity index (χ2v) is 4.78. The Morgan fingerprint density at radius 1 is 1.10 bits per heavy atom. The molecular weight excluding hydrogens is 270 g/mol.